The van der Waals surface area contributed by atoms with Crippen molar-refractivity contribution in [1.82, 2.24) is 57.2 Å². The lowest BCUT2D eigenvalue weighted by Gasteiger charge is -2.26. The fraction of sp³-hybridized carbons (Fsp3) is 0.553. The average Bonchev–Trinajstić information content (AvgIpc) is 3.48. The van der Waals surface area contributed by atoms with Crippen molar-refractivity contribution in [2.24, 2.45) is 0 Å². The molecule has 35 nitrogen and oxygen atoms in total. The number of hydrogen-bond donors (Lipinski definition) is 22. The van der Waals surface area contributed by atoms with E-state index in [2.05, 4.69) is 62.5 Å². The molecular formula is C47H69N13O22. The SMILES string of the molecule is CNC(=O)[C@H](CCC(=O)NC[C@H](O)[C@@H](O)[C@H](O)[C@H](O)CO)NC(=O)[C@H](CCC(=O)O)NC(=O)[C@H](CCC(=O)NC[C@H](O)[C@@H](O)[C@H](O)[C@H](O)CO)NC(=O)CC[C@@H](NC(=O)c1ccc(NCc2cnc3nc(N)[nH]c(=O)c3n2)cc1)C(=O)O. The van der Waals surface area contributed by atoms with Gasteiger partial charge in [-0.1, -0.05) is 0 Å². The van der Waals surface area contributed by atoms with Gasteiger partial charge in [0.1, 0.15) is 60.8 Å². The summed E-state index contributed by atoms with van der Waals surface area (Å²) >= 11 is 0. The number of hydrogen-bond acceptors (Lipinski definition) is 25. The summed E-state index contributed by atoms with van der Waals surface area (Å²) in [5.74, 6) is -10.3. The van der Waals surface area contributed by atoms with E-state index in [9.17, 15) is 99.0 Å². The zero-order valence-corrected chi connectivity index (χ0v) is 43.9. The molecule has 2 heterocycles. The van der Waals surface area contributed by atoms with Crippen LogP contribution in [0.25, 0.3) is 11.2 Å². The lowest BCUT2D eigenvalue weighted by molar-refractivity contribution is -0.140. The van der Waals surface area contributed by atoms with Crippen LogP contribution >= 0.6 is 0 Å². The van der Waals surface area contributed by atoms with Crippen molar-refractivity contribution in [3.63, 3.8) is 0 Å². The van der Waals surface area contributed by atoms with Crippen molar-refractivity contribution in [1.29, 1.82) is 0 Å². The fourth-order valence-electron chi connectivity index (χ4n) is 7.35. The zero-order valence-electron chi connectivity index (χ0n) is 43.9. The largest absolute Gasteiger partial charge is 0.481 e. The minimum absolute atomic E-state index is 0.0176. The molecule has 3 aromatic rings. The van der Waals surface area contributed by atoms with E-state index in [4.69, 9.17) is 15.9 Å². The number of carboxylic acids is 2. The van der Waals surface area contributed by atoms with E-state index in [0.717, 1.165) is 7.05 Å². The van der Waals surface area contributed by atoms with Gasteiger partial charge in [0.15, 0.2) is 11.2 Å². The Morgan fingerprint density at radius 1 is 0.585 bits per heavy atom. The Morgan fingerprint density at radius 2 is 1.05 bits per heavy atom. The van der Waals surface area contributed by atoms with E-state index in [-0.39, 0.29) is 29.2 Å². The van der Waals surface area contributed by atoms with Crippen LogP contribution in [0.4, 0.5) is 11.6 Å². The van der Waals surface area contributed by atoms with Crippen molar-refractivity contribution in [3.8, 4) is 0 Å². The van der Waals surface area contributed by atoms with Gasteiger partial charge in [-0.05, 0) is 49.9 Å². The van der Waals surface area contributed by atoms with Gasteiger partial charge in [0, 0.05) is 57.1 Å². The number of amides is 7. The maximum absolute atomic E-state index is 14.0. The van der Waals surface area contributed by atoms with Crippen molar-refractivity contribution >= 4 is 76.1 Å². The highest BCUT2D eigenvalue weighted by molar-refractivity contribution is 5.97. The summed E-state index contributed by atoms with van der Waals surface area (Å²) in [7, 11) is 1.16. The molecule has 2 aromatic heterocycles. The number of nitrogens with zero attached hydrogens (tertiary/aromatic N) is 3. The number of aliphatic hydroxyl groups excluding tert-OH is 10. The van der Waals surface area contributed by atoms with Gasteiger partial charge in [-0.2, -0.15) is 4.98 Å². The molecule has 0 radical (unpaired) electrons. The zero-order chi connectivity index (χ0) is 61.4. The molecule has 7 amide bonds. The first-order valence-electron chi connectivity index (χ1n) is 25.1. The molecule has 0 saturated carbocycles. The van der Waals surface area contributed by atoms with Crippen LogP contribution in [0.2, 0.25) is 0 Å². The molecule has 0 saturated heterocycles. The summed E-state index contributed by atoms with van der Waals surface area (Å²) < 4.78 is 0. The summed E-state index contributed by atoms with van der Waals surface area (Å²) in [5, 5.41) is 136. The van der Waals surface area contributed by atoms with Gasteiger partial charge >= 0.3 is 11.9 Å². The fourth-order valence-corrected chi connectivity index (χ4v) is 7.35. The van der Waals surface area contributed by atoms with Gasteiger partial charge < -0.3 is 110 Å². The molecule has 82 heavy (non-hydrogen) atoms. The standard InChI is InChI=1S/C47H69N13O22/c1-49-42(77)23(6-10-31(67)51-16-27(63)36(72)38(74)29(65)18-61)56-44(79)25(9-13-34(70)71)57-43(78)24(7-11-32(68)52-17-28(64)37(73)39(75)30(66)19-62)55-33(69)12-8-26(46(81)82)58-41(76)20-2-4-21(5-3-20)50-14-22-15-53-40-35(54-22)45(80)60-47(48)59-40/h2-5,15,23-30,36-39,50,61-66,72-75H,6-14,16-19H2,1H3,(H,49,77)(H,51,67)(H,52,68)(H,55,69)(H,56,79)(H,57,78)(H,58,76)(H,70,71)(H,81,82)(H3,48,53,59,60,80)/t23-,24-,25-,26+,27-,28-,29+,30+,36+,37+,38+,39+/m0/s1. The number of aromatic amines is 1. The highest BCUT2D eigenvalue weighted by Crippen LogP contribution is 2.14. The van der Waals surface area contributed by atoms with Gasteiger partial charge in [-0.3, -0.25) is 48.1 Å². The minimum Gasteiger partial charge on any atom is -0.481 e. The molecule has 3 rings (SSSR count). The number of rotatable bonds is 36. The molecule has 23 N–H and O–H groups in total. The number of nitrogens with two attached hydrogens (primary N) is 1. The first-order valence-corrected chi connectivity index (χ1v) is 25.1. The van der Waals surface area contributed by atoms with Crippen LogP contribution in [0, 0.1) is 0 Å². The summed E-state index contributed by atoms with van der Waals surface area (Å²) in [6, 6.07) is -1.29. The lowest BCUT2D eigenvalue weighted by Crippen LogP contribution is -2.57. The first kappa shape index (κ1) is 68.1. The van der Waals surface area contributed by atoms with E-state index in [1.165, 1.54) is 30.5 Å². The number of H-pyrrole nitrogens is 1. The smallest absolute Gasteiger partial charge is 0.326 e. The minimum atomic E-state index is -2.08. The summed E-state index contributed by atoms with van der Waals surface area (Å²) in [4.78, 5) is 144. The van der Waals surface area contributed by atoms with Crippen molar-refractivity contribution < 1.29 is 104 Å². The molecule has 0 unspecified atom stereocenters. The number of benzene rings is 1. The molecule has 0 fully saturated rings. The number of nitrogen functional groups attached to an aromatic ring is 1. The number of likely N-dealkylation sites (N-methyl/N-ethyl adjacent to an activating group) is 1. The predicted octanol–water partition coefficient (Wildman–Crippen LogP) is -9.40. The molecule has 0 aliphatic rings. The van der Waals surface area contributed by atoms with Gasteiger partial charge in [-0.15, -0.1) is 0 Å². The first-order chi connectivity index (χ1) is 38.7. The second-order valence-corrected chi connectivity index (χ2v) is 18.4. The third kappa shape index (κ3) is 22.1. The number of carbonyl (C=O) groups excluding carboxylic acids is 7. The molecule has 0 bridgehead atoms. The Bertz CT molecular complexity index is 2720. The topological polar surface area (TPSA) is 590 Å². The monoisotopic (exact) mass is 1170 g/mol. The quantitative estimate of drug-likeness (QED) is 0.0257. The van der Waals surface area contributed by atoms with Gasteiger partial charge in [-0.25, -0.2) is 14.8 Å². The van der Waals surface area contributed by atoms with Gasteiger partial charge in [0.05, 0.1) is 43.9 Å². The Kier molecular flexibility index (Phi) is 27.9. The number of nitrogens with one attached hydrogen (secondary N) is 9. The van der Waals surface area contributed by atoms with Crippen molar-refractivity contribution in [2.45, 2.75) is 131 Å². The number of fused-ring (bicyclic) bond motifs is 1. The van der Waals surface area contributed by atoms with Gasteiger partial charge in [0.25, 0.3) is 11.5 Å². The maximum atomic E-state index is 14.0. The Labute approximate surface area is 464 Å². The molecule has 35 heteroatoms. The number of aromatic nitrogens is 4. The van der Waals surface area contributed by atoms with E-state index < -0.39 is 210 Å². The van der Waals surface area contributed by atoms with Crippen LogP contribution < -0.4 is 53.8 Å². The van der Waals surface area contributed by atoms with E-state index in [1.807, 2.05) is 0 Å². The molecular weight excluding hydrogens is 1100 g/mol. The second kappa shape index (κ2) is 33.6. The van der Waals surface area contributed by atoms with Crippen LogP contribution in [0.3, 0.4) is 0 Å². The van der Waals surface area contributed by atoms with Crippen LogP contribution in [0.5, 0.6) is 0 Å². The highest BCUT2D eigenvalue weighted by Gasteiger charge is 2.34. The third-order valence-electron chi connectivity index (χ3n) is 12.2. The van der Waals surface area contributed by atoms with Gasteiger partial charge in [0.2, 0.25) is 41.4 Å². The molecule has 0 aliphatic heterocycles. The number of carbonyl (C=O) groups is 9. The predicted molar refractivity (Wildman–Crippen MR) is 278 cm³/mol. The van der Waals surface area contributed by atoms with E-state index in [1.54, 1.807) is 0 Å². The van der Waals surface area contributed by atoms with Crippen molar-refractivity contribution in [3.05, 3.63) is 52.1 Å². The highest BCUT2D eigenvalue weighted by atomic mass is 16.4. The normalized spacial score (nSPS) is 15.7. The number of aliphatic carboxylic acids is 2. The number of anilines is 2. The average molecular weight is 1170 g/mol. The number of aliphatic hydroxyl groups is 10. The Morgan fingerprint density at radius 3 is 1.54 bits per heavy atom. The third-order valence-corrected chi connectivity index (χ3v) is 12.2. The molecule has 12 atom stereocenters. The van der Waals surface area contributed by atoms with Crippen LogP contribution in [-0.4, -0.2) is 241 Å². The summed E-state index contributed by atoms with van der Waals surface area (Å²) in [6.45, 7) is -3.35. The summed E-state index contributed by atoms with van der Waals surface area (Å²) in [5.41, 5.74) is 5.70. The Hall–Kier alpha value is -8.13. The second-order valence-electron chi connectivity index (χ2n) is 18.4. The lowest BCUT2D eigenvalue weighted by atomic mass is 10.0. The van der Waals surface area contributed by atoms with E-state index >= 15 is 0 Å². The molecule has 0 spiro atoms. The van der Waals surface area contributed by atoms with Crippen LogP contribution in [-0.2, 0) is 44.9 Å². The molecule has 454 valence electrons. The van der Waals surface area contributed by atoms with E-state index in [0.29, 0.717) is 11.4 Å². The molecule has 1 aromatic carbocycles. The van der Waals surface area contributed by atoms with Crippen molar-refractivity contribution in [2.75, 3.05) is 44.4 Å². The maximum Gasteiger partial charge on any atom is 0.326 e. The summed E-state index contributed by atoms with van der Waals surface area (Å²) in [6.07, 6.45) is -19.4. The number of carboxylic acid groups (broad SMARTS) is 2. The molecule has 0 aliphatic carbocycles. The Balaban J connectivity index is 1.75. The van der Waals surface area contributed by atoms with Crippen LogP contribution in [0.15, 0.2) is 35.3 Å². The van der Waals surface area contributed by atoms with Crippen LogP contribution in [0.1, 0.15) is 67.4 Å².